The Labute approximate surface area is 168 Å². The van der Waals surface area contributed by atoms with E-state index in [2.05, 4.69) is 90.2 Å². The van der Waals surface area contributed by atoms with Crippen molar-refractivity contribution in [3.8, 4) is 5.75 Å². The predicted molar refractivity (Wildman–Crippen MR) is 116 cm³/mol. The highest BCUT2D eigenvalue weighted by Gasteiger charge is 2.47. The van der Waals surface area contributed by atoms with E-state index in [9.17, 15) is 0 Å². The fourth-order valence-electron chi connectivity index (χ4n) is 4.72. The Morgan fingerprint density at radius 3 is 2.29 bits per heavy atom. The minimum Gasteiger partial charge on any atom is -0.492 e. The number of hydrogen-bond donors (Lipinski definition) is 1. The average molecular weight is 372 g/mol. The Bertz CT molecular complexity index is 877. The van der Waals surface area contributed by atoms with Gasteiger partial charge in [0, 0.05) is 5.56 Å². The molecule has 3 aromatic carbocycles. The third-order valence-electron chi connectivity index (χ3n) is 6.18. The van der Waals surface area contributed by atoms with Crippen LogP contribution in [0, 0.1) is 5.92 Å². The van der Waals surface area contributed by atoms with E-state index in [0.717, 1.165) is 38.2 Å². The molecule has 0 fully saturated rings. The van der Waals surface area contributed by atoms with Gasteiger partial charge in [-0.25, -0.2) is 0 Å². The zero-order valence-corrected chi connectivity index (χ0v) is 16.6. The van der Waals surface area contributed by atoms with Crippen LogP contribution in [0.1, 0.15) is 29.5 Å². The Balaban J connectivity index is 1.74. The van der Waals surface area contributed by atoms with Gasteiger partial charge in [-0.2, -0.15) is 0 Å². The molecule has 1 heterocycles. The van der Waals surface area contributed by atoms with Crippen LogP contribution in [0.2, 0.25) is 0 Å². The van der Waals surface area contributed by atoms with Crippen LogP contribution >= 0.6 is 0 Å². The summed E-state index contributed by atoms with van der Waals surface area (Å²) in [4.78, 5) is 0. The Morgan fingerprint density at radius 2 is 1.54 bits per heavy atom. The molecule has 0 aromatic heterocycles. The van der Waals surface area contributed by atoms with Crippen molar-refractivity contribution in [2.75, 3.05) is 20.2 Å². The molecule has 1 N–H and O–H groups in total. The molecular formula is C26H29NO. The van der Waals surface area contributed by atoms with E-state index < -0.39 is 0 Å². The maximum atomic E-state index is 6.26. The largest absolute Gasteiger partial charge is 0.492 e. The summed E-state index contributed by atoms with van der Waals surface area (Å²) in [5, 5.41) is 3.37. The highest BCUT2D eigenvalue weighted by atomic mass is 16.5. The van der Waals surface area contributed by atoms with E-state index in [4.69, 9.17) is 4.74 Å². The highest BCUT2D eigenvalue weighted by molar-refractivity contribution is 5.51. The molecule has 0 radical (unpaired) electrons. The second-order valence-corrected chi connectivity index (χ2v) is 7.74. The Hall–Kier alpha value is -2.58. The summed E-state index contributed by atoms with van der Waals surface area (Å²) in [5.74, 6) is 1.53. The van der Waals surface area contributed by atoms with Crippen LogP contribution in [-0.4, -0.2) is 20.2 Å². The maximum absolute atomic E-state index is 6.26. The van der Waals surface area contributed by atoms with Crippen molar-refractivity contribution in [3.05, 3.63) is 102 Å². The minimum absolute atomic E-state index is 0.0938. The highest BCUT2D eigenvalue weighted by Crippen LogP contribution is 2.50. The van der Waals surface area contributed by atoms with Crippen LogP contribution in [0.25, 0.3) is 0 Å². The number of aryl methyl sites for hydroxylation is 1. The van der Waals surface area contributed by atoms with Crippen LogP contribution < -0.4 is 10.1 Å². The van der Waals surface area contributed by atoms with Crippen molar-refractivity contribution in [2.45, 2.75) is 24.7 Å². The monoisotopic (exact) mass is 371 g/mol. The first-order chi connectivity index (χ1) is 13.8. The van der Waals surface area contributed by atoms with Gasteiger partial charge in [0.05, 0.1) is 5.41 Å². The lowest BCUT2D eigenvalue weighted by molar-refractivity contribution is 0.211. The average Bonchev–Trinajstić information content (AvgIpc) is 3.16. The van der Waals surface area contributed by atoms with Gasteiger partial charge in [0.15, 0.2) is 0 Å². The Kier molecular flexibility index (Phi) is 5.78. The molecule has 4 rings (SSSR count). The van der Waals surface area contributed by atoms with Crippen molar-refractivity contribution in [3.63, 3.8) is 0 Å². The van der Waals surface area contributed by atoms with Crippen molar-refractivity contribution >= 4 is 0 Å². The van der Waals surface area contributed by atoms with Crippen molar-refractivity contribution in [2.24, 2.45) is 5.92 Å². The van der Waals surface area contributed by atoms with Gasteiger partial charge in [-0.1, -0.05) is 78.9 Å². The summed E-state index contributed by atoms with van der Waals surface area (Å²) in [6, 6.07) is 30.4. The molecule has 0 bridgehead atoms. The number of rotatable bonds is 8. The van der Waals surface area contributed by atoms with E-state index in [0.29, 0.717) is 5.92 Å². The molecule has 2 heteroatoms. The normalized spacial score (nSPS) is 19.0. The van der Waals surface area contributed by atoms with Crippen LogP contribution in [0.4, 0.5) is 0 Å². The molecule has 1 aliphatic heterocycles. The first kappa shape index (κ1) is 18.8. The van der Waals surface area contributed by atoms with Crippen LogP contribution in [-0.2, 0) is 11.8 Å². The molecule has 0 aliphatic carbocycles. The number of para-hydroxylation sites is 1. The molecule has 3 aromatic rings. The van der Waals surface area contributed by atoms with Gasteiger partial charge in [0.1, 0.15) is 12.4 Å². The van der Waals surface area contributed by atoms with E-state index in [1.54, 1.807) is 0 Å². The van der Waals surface area contributed by atoms with Gasteiger partial charge < -0.3 is 10.1 Å². The summed E-state index contributed by atoms with van der Waals surface area (Å²) in [5.41, 5.74) is 4.03. The fraction of sp³-hybridized carbons (Fsp3) is 0.308. The molecule has 144 valence electrons. The van der Waals surface area contributed by atoms with Crippen LogP contribution in [0.5, 0.6) is 5.75 Å². The lowest BCUT2D eigenvalue weighted by Gasteiger charge is -2.38. The van der Waals surface area contributed by atoms with Crippen LogP contribution in [0.15, 0.2) is 84.9 Å². The quantitative estimate of drug-likeness (QED) is 0.586. The zero-order valence-electron chi connectivity index (χ0n) is 16.6. The first-order valence-electron chi connectivity index (χ1n) is 10.3. The first-order valence-corrected chi connectivity index (χ1v) is 10.3. The molecule has 0 saturated carbocycles. The lowest BCUT2D eigenvalue weighted by atomic mass is 9.64. The molecular weight excluding hydrogens is 342 g/mol. The summed E-state index contributed by atoms with van der Waals surface area (Å²) in [7, 11) is 2.04. The third-order valence-corrected chi connectivity index (χ3v) is 6.18. The SMILES string of the molecule is CNCCC(CCc1ccccc1)C1(c2ccccc2)COc2ccccc21. The second-order valence-electron chi connectivity index (χ2n) is 7.74. The molecule has 28 heavy (non-hydrogen) atoms. The molecule has 0 saturated heterocycles. The number of ether oxygens (including phenoxy) is 1. The molecule has 2 unspecified atom stereocenters. The van der Waals surface area contributed by atoms with E-state index in [-0.39, 0.29) is 5.41 Å². The molecule has 2 nitrogen and oxygen atoms in total. The van der Waals surface area contributed by atoms with E-state index in [1.165, 1.54) is 16.7 Å². The number of benzene rings is 3. The number of fused-ring (bicyclic) bond motifs is 1. The topological polar surface area (TPSA) is 21.3 Å². The van der Waals surface area contributed by atoms with Gasteiger partial charge >= 0.3 is 0 Å². The van der Waals surface area contributed by atoms with Gasteiger partial charge in [0.25, 0.3) is 0 Å². The van der Waals surface area contributed by atoms with E-state index >= 15 is 0 Å². The third kappa shape index (κ3) is 3.57. The van der Waals surface area contributed by atoms with Gasteiger partial charge in [0.2, 0.25) is 0 Å². The molecule has 0 spiro atoms. The van der Waals surface area contributed by atoms with Crippen molar-refractivity contribution < 1.29 is 4.74 Å². The number of hydrogen-bond acceptors (Lipinski definition) is 2. The van der Waals surface area contributed by atoms with Crippen LogP contribution in [0.3, 0.4) is 0 Å². The molecule has 2 atom stereocenters. The van der Waals surface area contributed by atoms with Gasteiger partial charge in [-0.15, -0.1) is 0 Å². The second kappa shape index (κ2) is 8.62. The summed E-state index contributed by atoms with van der Waals surface area (Å²) >= 11 is 0. The zero-order chi connectivity index (χ0) is 19.2. The molecule has 0 amide bonds. The lowest BCUT2D eigenvalue weighted by Crippen LogP contribution is -2.40. The smallest absolute Gasteiger partial charge is 0.123 e. The summed E-state index contributed by atoms with van der Waals surface area (Å²) in [6.45, 7) is 1.73. The maximum Gasteiger partial charge on any atom is 0.123 e. The standard InChI is InChI=1S/C26H29NO/c1-27-19-18-23(17-16-21-10-4-2-5-11-21)26(22-12-6-3-7-13-22)20-28-25-15-9-8-14-24(25)26/h2-15,23,27H,16-20H2,1H3. The van der Waals surface area contributed by atoms with Gasteiger partial charge in [-0.3, -0.25) is 0 Å². The fourth-order valence-corrected chi connectivity index (χ4v) is 4.72. The summed E-state index contributed by atoms with van der Waals surface area (Å²) in [6.07, 6.45) is 3.35. The Morgan fingerprint density at radius 1 is 0.857 bits per heavy atom. The van der Waals surface area contributed by atoms with Gasteiger partial charge in [-0.05, 0) is 56.0 Å². The van der Waals surface area contributed by atoms with Crippen molar-refractivity contribution in [1.82, 2.24) is 5.32 Å². The summed E-state index contributed by atoms with van der Waals surface area (Å²) < 4.78 is 6.26. The minimum atomic E-state index is -0.0938. The van der Waals surface area contributed by atoms with E-state index in [1.807, 2.05) is 7.05 Å². The number of nitrogens with one attached hydrogen (secondary N) is 1. The predicted octanol–water partition coefficient (Wildman–Crippen LogP) is 5.22. The molecule has 1 aliphatic rings. The van der Waals surface area contributed by atoms with Crippen molar-refractivity contribution in [1.29, 1.82) is 0 Å².